The first-order chi connectivity index (χ1) is 12.5. The minimum Gasteiger partial charge on any atom is -0.348 e. The lowest BCUT2D eigenvalue weighted by Gasteiger charge is -2.12. The summed E-state index contributed by atoms with van der Waals surface area (Å²) in [6.07, 6.45) is 3.00. The van der Waals surface area contributed by atoms with Gasteiger partial charge in [-0.15, -0.1) is 0 Å². The number of aromatic nitrogens is 1. The molecule has 0 atom stereocenters. The zero-order valence-electron chi connectivity index (χ0n) is 14.9. The van der Waals surface area contributed by atoms with Crippen molar-refractivity contribution in [2.75, 3.05) is 0 Å². The summed E-state index contributed by atoms with van der Waals surface area (Å²) >= 11 is 0. The van der Waals surface area contributed by atoms with Gasteiger partial charge in [0, 0.05) is 29.3 Å². The Labute approximate surface area is 152 Å². The van der Waals surface area contributed by atoms with Crippen LogP contribution in [0.25, 0.3) is 22.0 Å². The minimum atomic E-state index is -0.206. The number of amides is 1. The number of ketones is 1. The molecule has 0 aliphatic rings. The van der Waals surface area contributed by atoms with E-state index in [1.165, 1.54) is 6.08 Å². The number of hydrogen-bond acceptors (Lipinski definition) is 3. The van der Waals surface area contributed by atoms with E-state index in [1.807, 2.05) is 49.4 Å². The predicted molar refractivity (Wildman–Crippen MR) is 104 cm³/mol. The van der Waals surface area contributed by atoms with Crippen LogP contribution in [0.1, 0.15) is 28.4 Å². The van der Waals surface area contributed by atoms with Crippen LogP contribution >= 0.6 is 0 Å². The standard InChI is InChI=1S/C22H20N2O2/c1-4-21(26)24-12-16-6-8-17(9-7-16)19-13-23-20-10-5-14(2)11-18(20)22(19)15(3)25/h4-11,13H,1,12H2,2-3H3,(H,24,26). The maximum atomic E-state index is 12.4. The van der Waals surface area contributed by atoms with E-state index in [0.29, 0.717) is 12.1 Å². The van der Waals surface area contributed by atoms with Crippen molar-refractivity contribution in [2.45, 2.75) is 20.4 Å². The van der Waals surface area contributed by atoms with E-state index in [0.717, 1.165) is 33.2 Å². The molecule has 0 bridgehead atoms. The average molecular weight is 344 g/mol. The third-order valence-corrected chi connectivity index (χ3v) is 4.29. The first-order valence-electron chi connectivity index (χ1n) is 8.39. The van der Waals surface area contributed by atoms with E-state index >= 15 is 0 Å². The summed E-state index contributed by atoms with van der Waals surface area (Å²) in [6.45, 7) is 7.45. The number of aryl methyl sites for hydroxylation is 1. The lowest BCUT2D eigenvalue weighted by molar-refractivity contribution is -0.116. The smallest absolute Gasteiger partial charge is 0.243 e. The summed E-state index contributed by atoms with van der Waals surface area (Å²) < 4.78 is 0. The van der Waals surface area contributed by atoms with Gasteiger partial charge in [-0.3, -0.25) is 14.6 Å². The third-order valence-electron chi connectivity index (χ3n) is 4.29. The topological polar surface area (TPSA) is 59.1 Å². The molecule has 0 aliphatic heterocycles. The van der Waals surface area contributed by atoms with Crippen molar-refractivity contribution < 1.29 is 9.59 Å². The highest BCUT2D eigenvalue weighted by molar-refractivity contribution is 6.11. The normalized spacial score (nSPS) is 10.5. The van der Waals surface area contributed by atoms with Crippen LogP contribution in [0.3, 0.4) is 0 Å². The number of pyridine rings is 1. The summed E-state index contributed by atoms with van der Waals surface area (Å²) in [5.41, 5.74) is 5.30. The second kappa shape index (κ2) is 7.31. The summed E-state index contributed by atoms with van der Waals surface area (Å²) in [6, 6.07) is 13.7. The molecule has 0 aliphatic carbocycles. The second-order valence-electron chi connectivity index (χ2n) is 6.24. The van der Waals surface area contributed by atoms with Crippen LogP contribution in [0.4, 0.5) is 0 Å². The number of Topliss-reactive ketones (excluding diaryl/α,β-unsaturated/α-hetero) is 1. The minimum absolute atomic E-state index is 0.0142. The third kappa shape index (κ3) is 3.54. The van der Waals surface area contributed by atoms with Crippen LogP contribution in [0, 0.1) is 6.92 Å². The molecule has 3 aromatic rings. The number of carbonyl (C=O) groups excluding carboxylic acids is 2. The molecule has 0 fully saturated rings. The summed E-state index contributed by atoms with van der Waals surface area (Å²) in [5.74, 6) is -0.192. The van der Waals surface area contributed by atoms with Gasteiger partial charge >= 0.3 is 0 Å². The van der Waals surface area contributed by atoms with Crippen molar-refractivity contribution in [3.05, 3.63) is 78.0 Å². The lowest BCUT2D eigenvalue weighted by Crippen LogP contribution is -2.19. The Balaban J connectivity index is 2.02. The second-order valence-corrected chi connectivity index (χ2v) is 6.24. The van der Waals surface area contributed by atoms with Crippen LogP contribution < -0.4 is 5.32 Å². The Hall–Kier alpha value is -3.27. The van der Waals surface area contributed by atoms with E-state index in [9.17, 15) is 9.59 Å². The number of rotatable bonds is 5. The largest absolute Gasteiger partial charge is 0.348 e. The quantitative estimate of drug-likeness (QED) is 0.557. The van der Waals surface area contributed by atoms with Crippen LogP contribution in [0.2, 0.25) is 0 Å². The number of nitrogens with zero attached hydrogens (tertiary/aromatic N) is 1. The van der Waals surface area contributed by atoms with Crippen molar-refractivity contribution in [3.8, 4) is 11.1 Å². The molecular formula is C22H20N2O2. The van der Waals surface area contributed by atoms with Gasteiger partial charge in [0.15, 0.2) is 5.78 Å². The maximum absolute atomic E-state index is 12.4. The van der Waals surface area contributed by atoms with Gasteiger partial charge < -0.3 is 5.32 Å². The highest BCUT2D eigenvalue weighted by atomic mass is 16.1. The fourth-order valence-corrected chi connectivity index (χ4v) is 2.97. The molecule has 2 aromatic carbocycles. The molecule has 1 amide bonds. The zero-order chi connectivity index (χ0) is 18.7. The van der Waals surface area contributed by atoms with E-state index in [2.05, 4.69) is 16.9 Å². The van der Waals surface area contributed by atoms with Crippen molar-refractivity contribution in [2.24, 2.45) is 0 Å². The Bertz CT molecular complexity index is 1000. The van der Waals surface area contributed by atoms with Gasteiger partial charge in [-0.1, -0.05) is 42.5 Å². The summed E-state index contributed by atoms with van der Waals surface area (Å²) in [7, 11) is 0. The van der Waals surface area contributed by atoms with Crippen LogP contribution in [0.15, 0.2) is 61.3 Å². The van der Waals surface area contributed by atoms with Crippen molar-refractivity contribution in [1.29, 1.82) is 0 Å². The van der Waals surface area contributed by atoms with Gasteiger partial charge in [-0.05, 0) is 43.2 Å². The number of carbonyl (C=O) groups is 2. The molecule has 0 unspecified atom stereocenters. The molecule has 1 heterocycles. The average Bonchev–Trinajstić information content (AvgIpc) is 2.65. The van der Waals surface area contributed by atoms with Crippen molar-refractivity contribution in [3.63, 3.8) is 0 Å². The molecule has 0 spiro atoms. The number of nitrogens with one attached hydrogen (secondary N) is 1. The first-order valence-corrected chi connectivity index (χ1v) is 8.39. The Morgan fingerprint density at radius 1 is 1.15 bits per heavy atom. The zero-order valence-corrected chi connectivity index (χ0v) is 14.9. The maximum Gasteiger partial charge on any atom is 0.243 e. The Morgan fingerprint density at radius 2 is 1.88 bits per heavy atom. The molecule has 1 aromatic heterocycles. The number of benzene rings is 2. The fraction of sp³-hybridized carbons (Fsp3) is 0.136. The lowest BCUT2D eigenvalue weighted by atomic mass is 9.94. The van der Waals surface area contributed by atoms with Crippen molar-refractivity contribution in [1.82, 2.24) is 10.3 Å². The van der Waals surface area contributed by atoms with Gasteiger partial charge in [0.1, 0.15) is 0 Å². The molecule has 1 N–H and O–H groups in total. The van der Waals surface area contributed by atoms with E-state index in [-0.39, 0.29) is 11.7 Å². The van der Waals surface area contributed by atoms with Crippen LogP contribution in [-0.2, 0) is 11.3 Å². The predicted octanol–water partition coefficient (Wildman–Crippen LogP) is 4.22. The van der Waals surface area contributed by atoms with E-state index in [1.54, 1.807) is 13.1 Å². The monoisotopic (exact) mass is 344 g/mol. The first kappa shape index (κ1) is 17.5. The molecule has 0 saturated carbocycles. The van der Waals surface area contributed by atoms with Gasteiger partial charge in [-0.25, -0.2) is 0 Å². The van der Waals surface area contributed by atoms with E-state index in [4.69, 9.17) is 0 Å². The molecule has 26 heavy (non-hydrogen) atoms. The molecule has 0 saturated heterocycles. The summed E-state index contributed by atoms with van der Waals surface area (Å²) in [4.78, 5) is 28.1. The van der Waals surface area contributed by atoms with Crippen LogP contribution in [-0.4, -0.2) is 16.7 Å². The van der Waals surface area contributed by atoms with Gasteiger partial charge in [-0.2, -0.15) is 0 Å². The Morgan fingerprint density at radius 3 is 2.54 bits per heavy atom. The van der Waals surface area contributed by atoms with Gasteiger partial charge in [0.05, 0.1) is 5.52 Å². The SMILES string of the molecule is C=CC(=O)NCc1ccc(-c2cnc3ccc(C)cc3c2C(C)=O)cc1. The molecule has 0 radical (unpaired) electrons. The van der Waals surface area contributed by atoms with Crippen LogP contribution in [0.5, 0.6) is 0 Å². The van der Waals surface area contributed by atoms with Gasteiger partial charge in [0.25, 0.3) is 0 Å². The number of fused-ring (bicyclic) bond motifs is 1. The Kier molecular flexibility index (Phi) is 4.94. The highest BCUT2D eigenvalue weighted by Crippen LogP contribution is 2.30. The van der Waals surface area contributed by atoms with E-state index < -0.39 is 0 Å². The summed E-state index contributed by atoms with van der Waals surface area (Å²) in [5, 5.41) is 3.62. The molecular weight excluding hydrogens is 324 g/mol. The molecule has 130 valence electrons. The molecule has 4 nitrogen and oxygen atoms in total. The van der Waals surface area contributed by atoms with Gasteiger partial charge in [0.2, 0.25) is 5.91 Å². The highest BCUT2D eigenvalue weighted by Gasteiger charge is 2.14. The molecule has 3 rings (SSSR count). The van der Waals surface area contributed by atoms with Crippen molar-refractivity contribution >= 4 is 22.6 Å². The molecule has 4 heteroatoms. The fourth-order valence-electron chi connectivity index (χ4n) is 2.97. The number of hydrogen-bond donors (Lipinski definition) is 1.